The topological polar surface area (TPSA) is 70.8 Å². The smallest absolute Gasteiger partial charge is 0.274 e. The Bertz CT molecular complexity index is 1080. The highest BCUT2D eigenvalue weighted by molar-refractivity contribution is 7.66. The van der Waals surface area contributed by atoms with Crippen molar-refractivity contribution >= 4 is 23.6 Å². The zero-order valence-corrected chi connectivity index (χ0v) is 14.9. The molecule has 25 heavy (non-hydrogen) atoms. The molecule has 2 heterocycles. The van der Waals surface area contributed by atoms with Gasteiger partial charge in [0.25, 0.3) is 7.37 Å². The summed E-state index contributed by atoms with van der Waals surface area (Å²) in [5.74, 6) is 0.563. The molecule has 2 N–H and O–H groups in total. The SMILES string of the molecule is Cc1c[nH]c(-c2n[nH]c3ccc(OP(C)(=O)c4ccccc4)cc23)c1. The van der Waals surface area contributed by atoms with Gasteiger partial charge in [-0.1, -0.05) is 18.2 Å². The van der Waals surface area contributed by atoms with Crippen LogP contribution < -0.4 is 9.83 Å². The highest BCUT2D eigenvalue weighted by Crippen LogP contribution is 2.43. The minimum Gasteiger partial charge on any atom is -0.440 e. The van der Waals surface area contributed by atoms with Crippen LogP contribution in [0.25, 0.3) is 22.3 Å². The Labute approximate surface area is 145 Å². The molecule has 0 saturated heterocycles. The number of benzene rings is 2. The largest absolute Gasteiger partial charge is 0.440 e. The fraction of sp³-hybridized carbons (Fsp3) is 0.105. The lowest BCUT2D eigenvalue weighted by Gasteiger charge is -2.15. The first-order valence-electron chi connectivity index (χ1n) is 7.99. The van der Waals surface area contributed by atoms with Crippen molar-refractivity contribution in [3.05, 3.63) is 66.4 Å². The summed E-state index contributed by atoms with van der Waals surface area (Å²) in [6.45, 7) is 3.66. The predicted molar refractivity (Wildman–Crippen MR) is 101 cm³/mol. The molecule has 0 bridgehead atoms. The molecule has 4 aromatic rings. The van der Waals surface area contributed by atoms with Crippen LogP contribution >= 0.6 is 7.37 Å². The third kappa shape index (κ3) is 2.99. The highest BCUT2D eigenvalue weighted by atomic mass is 31.2. The van der Waals surface area contributed by atoms with Gasteiger partial charge in [0.2, 0.25) is 0 Å². The number of aromatic nitrogens is 3. The molecule has 0 saturated carbocycles. The van der Waals surface area contributed by atoms with Crippen molar-refractivity contribution in [1.29, 1.82) is 0 Å². The Morgan fingerprint density at radius 1 is 1.08 bits per heavy atom. The van der Waals surface area contributed by atoms with E-state index in [1.54, 1.807) is 6.66 Å². The van der Waals surface area contributed by atoms with Crippen molar-refractivity contribution in [2.45, 2.75) is 6.92 Å². The van der Waals surface area contributed by atoms with Crippen molar-refractivity contribution in [2.24, 2.45) is 0 Å². The van der Waals surface area contributed by atoms with Crippen molar-refractivity contribution in [2.75, 3.05) is 6.66 Å². The molecule has 1 atom stereocenters. The maximum absolute atomic E-state index is 13.0. The summed E-state index contributed by atoms with van der Waals surface area (Å²) in [6.07, 6.45) is 1.94. The minimum atomic E-state index is -2.95. The van der Waals surface area contributed by atoms with E-state index < -0.39 is 7.37 Å². The lowest BCUT2D eigenvalue weighted by atomic mass is 10.1. The molecule has 1 unspecified atom stereocenters. The minimum absolute atomic E-state index is 0.563. The Balaban J connectivity index is 1.73. The predicted octanol–water partition coefficient (Wildman–Crippen LogP) is 4.48. The summed E-state index contributed by atoms with van der Waals surface area (Å²) in [5.41, 5.74) is 3.80. The van der Waals surface area contributed by atoms with Crippen LogP contribution in [0.2, 0.25) is 0 Å². The van der Waals surface area contributed by atoms with Crippen LogP contribution in [0.3, 0.4) is 0 Å². The number of nitrogens with zero attached hydrogens (tertiary/aromatic N) is 1. The van der Waals surface area contributed by atoms with E-state index in [1.165, 1.54) is 0 Å². The molecule has 0 aliphatic rings. The van der Waals surface area contributed by atoms with Gasteiger partial charge in [-0.25, -0.2) is 0 Å². The molecule has 0 spiro atoms. The molecule has 4 rings (SSSR count). The second-order valence-corrected chi connectivity index (χ2v) is 8.53. The molecule has 0 aliphatic heterocycles. The van der Waals surface area contributed by atoms with Crippen LogP contribution in [0.4, 0.5) is 0 Å². The summed E-state index contributed by atoms with van der Waals surface area (Å²) in [4.78, 5) is 3.22. The van der Waals surface area contributed by atoms with E-state index in [0.29, 0.717) is 11.1 Å². The highest BCUT2D eigenvalue weighted by Gasteiger charge is 2.21. The number of nitrogens with one attached hydrogen (secondary N) is 2. The maximum atomic E-state index is 13.0. The van der Waals surface area contributed by atoms with E-state index in [2.05, 4.69) is 15.2 Å². The van der Waals surface area contributed by atoms with Gasteiger partial charge in [0.15, 0.2) is 0 Å². The van der Waals surface area contributed by atoms with E-state index in [4.69, 9.17) is 4.52 Å². The Morgan fingerprint density at radius 2 is 1.88 bits per heavy atom. The second kappa shape index (κ2) is 5.94. The van der Waals surface area contributed by atoms with Crippen LogP contribution in [0.5, 0.6) is 5.75 Å². The van der Waals surface area contributed by atoms with Gasteiger partial charge in [0.1, 0.15) is 11.4 Å². The first-order valence-corrected chi connectivity index (χ1v) is 10.1. The zero-order valence-electron chi connectivity index (χ0n) is 14.0. The fourth-order valence-electron chi connectivity index (χ4n) is 2.85. The normalized spacial score (nSPS) is 13.7. The Morgan fingerprint density at radius 3 is 2.60 bits per heavy atom. The average Bonchev–Trinajstić information content (AvgIpc) is 3.21. The number of aromatic amines is 2. The first kappa shape index (κ1) is 15.7. The lowest BCUT2D eigenvalue weighted by molar-refractivity contribution is 0.499. The van der Waals surface area contributed by atoms with Gasteiger partial charge in [0, 0.05) is 23.6 Å². The molecule has 2 aromatic heterocycles. The van der Waals surface area contributed by atoms with Crippen molar-refractivity contribution in [3.8, 4) is 17.1 Å². The zero-order chi connectivity index (χ0) is 17.4. The van der Waals surface area contributed by atoms with Gasteiger partial charge in [-0.15, -0.1) is 0 Å². The van der Waals surface area contributed by atoms with Gasteiger partial charge < -0.3 is 9.51 Å². The van der Waals surface area contributed by atoms with E-state index in [0.717, 1.165) is 27.9 Å². The third-order valence-corrected chi connectivity index (χ3v) is 5.92. The maximum Gasteiger partial charge on any atom is 0.274 e. The monoisotopic (exact) mass is 351 g/mol. The molecule has 2 aromatic carbocycles. The number of H-pyrrole nitrogens is 2. The molecule has 0 aliphatic carbocycles. The molecule has 0 amide bonds. The molecule has 0 radical (unpaired) electrons. The number of hydrogen-bond donors (Lipinski definition) is 2. The summed E-state index contributed by atoms with van der Waals surface area (Å²) < 4.78 is 18.8. The second-order valence-electron chi connectivity index (χ2n) is 6.14. The average molecular weight is 351 g/mol. The molecule has 126 valence electrons. The van der Waals surface area contributed by atoms with Crippen LogP contribution in [-0.4, -0.2) is 21.8 Å². The van der Waals surface area contributed by atoms with E-state index >= 15 is 0 Å². The van der Waals surface area contributed by atoms with Crippen molar-refractivity contribution < 1.29 is 9.09 Å². The molecule has 6 heteroatoms. The Kier molecular flexibility index (Phi) is 3.74. The van der Waals surface area contributed by atoms with Gasteiger partial charge in [0.05, 0.1) is 11.2 Å². The summed E-state index contributed by atoms with van der Waals surface area (Å²) in [6, 6.07) is 16.9. The summed E-state index contributed by atoms with van der Waals surface area (Å²) >= 11 is 0. The Hall–Kier alpha value is -2.78. The van der Waals surface area contributed by atoms with Gasteiger partial charge in [-0.3, -0.25) is 9.66 Å². The number of rotatable bonds is 4. The van der Waals surface area contributed by atoms with Crippen LogP contribution in [-0.2, 0) is 4.57 Å². The van der Waals surface area contributed by atoms with Gasteiger partial charge in [-0.2, -0.15) is 5.10 Å². The van der Waals surface area contributed by atoms with Crippen LogP contribution in [0.1, 0.15) is 5.56 Å². The van der Waals surface area contributed by atoms with Gasteiger partial charge >= 0.3 is 0 Å². The summed E-state index contributed by atoms with van der Waals surface area (Å²) in [7, 11) is -2.95. The van der Waals surface area contributed by atoms with Gasteiger partial charge in [-0.05, 0) is 48.9 Å². The standard InChI is InChI=1S/C19H18N3O2P/c1-13-10-18(20-12-13)19-16-11-14(8-9-17(16)21-22-19)24-25(2,23)15-6-4-3-5-7-15/h3-12,20H,1-2H3,(H,21,22). The van der Waals surface area contributed by atoms with E-state index in [9.17, 15) is 4.57 Å². The third-order valence-electron chi connectivity index (χ3n) is 4.12. The molecule has 5 nitrogen and oxygen atoms in total. The number of fused-ring (bicyclic) bond motifs is 1. The van der Waals surface area contributed by atoms with Crippen LogP contribution in [0, 0.1) is 6.92 Å². The molecule has 0 fully saturated rings. The van der Waals surface area contributed by atoms with Crippen molar-refractivity contribution in [1.82, 2.24) is 15.2 Å². The van der Waals surface area contributed by atoms with Crippen LogP contribution in [0.15, 0.2) is 60.8 Å². The first-order chi connectivity index (χ1) is 12.0. The fourth-order valence-corrected chi connectivity index (χ4v) is 4.18. The van der Waals surface area contributed by atoms with Crippen molar-refractivity contribution in [3.63, 3.8) is 0 Å². The summed E-state index contributed by atoms with van der Waals surface area (Å²) in [5, 5.41) is 9.04. The number of hydrogen-bond acceptors (Lipinski definition) is 3. The molecular weight excluding hydrogens is 333 g/mol. The molecular formula is C19H18N3O2P. The lowest BCUT2D eigenvalue weighted by Crippen LogP contribution is -2.07. The van der Waals surface area contributed by atoms with E-state index in [1.807, 2.05) is 67.7 Å². The number of aryl methyl sites for hydroxylation is 1. The van der Waals surface area contributed by atoms with E-state index in [-0.39, 0.29) is 0 Å². The quantitative estimate of drug-likeness (QED) is 0.533.